The molecule has 1 unspecified atom stereocenters. The van der Waals surface area contributed by atoms with Crippen LogP contribution in [0, 0.1) is 0 Å². The zero-order chi connectivity index (χ0) is 13.0. The van der Waals surface area contributed by atoms with Gasteiger partial charge in [0.15, 0.2) is 5.82 Å². The summed E-state index contributed by atoms with van der Waals surface area (Å²) in [5.74, 6) is -1.57. The fourth-order valence-corrected chi connectivity index (χ4v) is 1.51. The van der Waals surface area contributed by atoms with E-state index in [-0.39, 0.29) is 19.0 Å². The van der Waals surface area contributed by atoms with Crippen LogP contribution < -0.4 is 10.6 Å². The Balaban J connectivity index is 1.79. The smallest absolute Gasteiger partial charge is 0.314 e. The molecule has 0 bridgehead atoms. The van der Waals surface area contributed by atoms with Crippen molar-refractivity contribution in [1.82, 2.24) is 10.5 Å². The molecule has 0 aliphatic carbocycles. The topological polar surface area (TPSA) is 114 Å². The van der Waals surface area contributed by atoms with Crippen molar-refractivity contribution >= 4 is 17.6 Å². The van der Waals surface area contributed by atoms with Crippen molar-refractivity contribution in [3.8, 4) is 0 Å². The third kappa shape index (κ3) is 3.05. The molecule has 3 N–H and O–H groups in total. The summed E-state index contributed by atoms with van der Waals surface area (Å²) in [6, 6.07) is 1.41. The first-order valence-corrected chi connectivity index (χ1v) is 5.39. The van der Waals surface area contributed by atoms with Crippen molar-refractivity contribution in [2.24, 2.45) is 0 Å². The fraction of sp³-hybridized carbons (Fsp3) is 0.500. The SMILES string of the molecule is O=C(NCC1(O)CCOC1)C(=O)Nc1ccon1. The Labute approximate surface area is 102 Å². The van der Waals surface area contributed by atoms with Crippen molar-refractivity contribution in [3.05, 3.63) is 12.3 Å². The van der Waals surface area contributed by atoms with Crippen LogP contribution in [0.5, 0.6) is 0 Å². The molecule has 0 spiro atoms. The van der Waals surface area contributed by atoms with Crippen molar-refractivity contribution in [1.29, 1.82) is 0 Å². The average Bonchev–Trinajstić information content (AvgIpc) is 2.98. The second kappa shape index (κ2) is 5.15. The number of nitrogens with one attached hydrogen (secondary N) is 2. The molecule has 2 amide bonds. The molecule has 1 aromatic rings. The number of hydrogen-bond acceptors (Lipinski definition) is 6. The third-order valence-electron chi connectivity index (χ3n) is 2.55. The quantitative estimate of drug-likeness (QED) is 0.589. The van der Waals surface area contributed by atoms with Gasteiger partial charge in [-0.15, -0.1) is 0 Å². The lowest BCUT2D eigenvalue weighted by Crippen LogP contribution is -2.46. The van der Waals surface area contributed by atoms with Crippen molar-refractivity contribution < 1.29 is 24.0 Å². The van der Waals surface area contributed by atoms with Crippen LogP contribution in [0.4, 0.5) is 5.82 Å². The maximum atomic E-state index is 11.4. The van der Waals surface area contributed by atoms with Crippen LogP contribution in [0.3, 0.4) is 0 Å². The molecule has 18 heavy (non-hydrogen) atoms. The van der Waals surface area contributed by atoms with Crippen molar-refractivity contribution in [3.63, 3.8) is 0 Å². The number of nitrogens with zero attached hydrogens (tertiary/aromatic N) is 1. The van der Waals surface area contributed by atoms with Crippen LogP contribution in [0.1, 0.15) is 6.42 Å². The summed E-state index contributed by atoms with van der Waals surface area (Å²) >= 11 is 0. The van der Waals surface area contributed by atoms with Gasteiger partial charge < -0.3 is 19.7 Å². The first kappa shape index (κ1) is 12.5. The Bertz CT molecular complexity index is 425. The summed E-state index contributed by atoms with van der Waals surface area (Å²) in [7, 11) is 0. The molecule has 98 valence electrons. The second-order valence-electron chi connectivity index (χ2n) is 4.05. The van der Waals surface area contributed by atoms with E-state index in [0.29, 0.717) is 13.0 Å². The highest BCUT2D eigenvalue weighted by molar-refractivity contribution is 6.39. The standard InChI is InChI=1S/C10H13N3O5/c14-8(9(15)12-7-1-3-18-13-7)11-5-10(16)2-4-17-6-10/h1,3,16H,2,4-6H2,(H,11,14)(H,12,13,15). The van der Waals surface area contributed by atoms with Gasteiger partial charge in [0.25, 0.3) is 0 Å². The minimum absolute atomic E-state index is 0.0297. The summed E-state index contributed by atoms with van der Waals surface area (Å²) in [5, 5.41) is 17.9. The molecule has 1 aliphatic heterocycles. The fourth-order valence-electron chi connectivity index (χ4n) is 1.51. The van der Waals surface area contributed by atoms with Gasteiger partial charge in [0.05, 0.1) is 6.61 Å². The van der Waals surface area contributed by atoms with Crippen LogP contribution in [0.15, 0.2) is 16.9 Å². The van der Waals surface area contributed by atoms with Gasteiger partial charge in [-0.1, -0.05) is 5.16 Å². The van der Waals surface area contributed by atoms with E-state index in [1.165, 1.54) is 12.3 Å². The van der Waals surface area contributed by atoms with E-state index in [1.54, 1.807) is 0 Å². The third-order valence-corrected chi connectivity index (χ3v) is 2.55. The lowest BCUT2D eigenvalue weighted by Gasteiger charge is -2.20. The Morgan fingerprint density at radius 3 is 2.94 bits per heavy atom. The van der Waals surface area contributed by atoms with Crippen LogP contribution in [0.2, 0.25) is 0 Å². The zero-order valence-electron chi connectivity index (χ0n) is 9.51. The molecule has 0 saturated carbocycles. The summed E-state index contributed by atoms with van der Waals surface area (Å²) in [6.07, 6.45) is 1.70. The second-order valence-corrected chi connectivity index (χ2v) is 4.05. The maximum Gasteiger partial charge on any atom is 0.314 e. The van der Waals surface area contributed by atoms with Crippen LogP contribution in [-0.4, -0.2) is 47.4 Å². The number of aromatic nitrogens is 1. The number of carbonyl (C=O) groups is 2. The van der Waals surface area contributed by atoms with Crippen molar-refractivity contribution in [2.45, 2.75) is 12.0 Å². The molecule has 2 rings (SSSR count). The molecule has 1 fully saturated rings. The minimum Gasteiger partial charge on any atom is -0.386 e. The van der Waals surface area contributed by atoms with Gasteiger partial charge in [0.2, 0.25) is 0 Å². The average molecular weight is 255 g/mol. The normalized spacial score (nSPS) is 22.7. The number of aliphatic hydroxyl groups is 1. The van der Waals surface area contributed by atoms with E-state index in [0.717, 1.165) is 0 Å². The Morgan fingerprint density at radius 1 is 1.50 bits per heavy atom. The largest absolute Gasteiger partial charge is 0.386 e. The van der Waals surface area contributed by atoms with E-state index >= 15 is 0 Å². The molecule has 1 aromatic heterocycles. The molecule has 8 heteroatoms. The van der Waals surface area contributed by atoms with Gasteiger partial charge in [-0.2, -0.15) is 0 Å². The molecule has 0 radical (unpaired) electrons. The minimum atomic E-state index is -1.09. The van der Waals surface area contributed by atoms with Gasteiger partial charge in [-0.05, 0) is 0 Å². The predicted octanol–water partition coefficient (Wildman–Crippen LogP) is -1.12. The van der Waals surface area contributed by atoms with Crippen molar-refractivity contribution in [2.75, 3.05) is 25.1 Å². The van der Waals surface area contributed by atoms with Gasteiger partial charge in [-0.3, -0.25) is 14.9 Å². The zero-order valence-corrected chi connectivity index (χ0v) is 9.51. The first-order chi connectivity index (χ1) is 8.59. The summed E-state index contributed by atoms with van der Waals surface area (Å²) in [6.45, 7) is 0.563. The monoisotopic (exact) mass is 255 g/mol. The van der Waals surface area contributed by atoms with E-state index < -0.39 is 17.4 Å². The lowest BCUT2D eigenvalue weighted by molar-refractivity contribution is -0.136. The van der Waals surface area contributed by atoms with E-state index in [4.69, 9.17) is 4.74 Å². The van der Waals surface area contributed by atoms with E-state index in [2.05, 4.69) is 20.3 Å². The van der Waals surface area contributed by atoms with Crippen LogP contribution >= 0.6 is 0 Å². The number of ether oxygens (including phenoxy) is 1. The molecule has 2 heterocycles. The molecule has 1 atom stereocenters. The summed E-state index contributed by atoms with van der Waals surface area (Å²) in [4.78, 5) is 22.8. The molecular weight excluding hydrogens is 242 g/mol. The van der Waals surface area contributed by atoms with Gasteiger partial charge in [-0.25, -0.2) is 0 Å². The number of rotatable bonds is 3. The highest BCUT2D eigenvalue weighted by Gasteiger charge is 2.33. The molecular formula is C10H13N3O5. The number of carbonyl (C=O) groups excluding carboxylic acids is 2. The van der Waals surface area contributed by atoms with Crippen LogP contribution in [0.25, 0.3) is 0 Å². The molecule has 0 aromatic carbocycles. The number of anilines is 1. The number of amides is 2. The predicted molar refractivity (Wildman–Crippen MR) is 58.5 cm³/mol. The summed E-state index contributed by atoms with van der Waals surface area (Å²) < 4.78 is 9.51. The highest BCUT2D eigenvalue weighted by atomic mass is 16.5. The molecule has 1 saturated heterocycles. The van der Waals surface area contributed by atoms with E-state index in [1.807, 2.05) is 0 Å². The Kier molecular flexibility index (Phi) is 3.58. The van der Waals surface area contributed by atoms with Gasteiger partial charge in [0, 0.05) is 25.6 Å². The first-order valence-electron chi connectivity index (χ1n) is 5.39. The van der Waals surface area contributed by atoms with Gasteiger partial charge >= 0.3 is 11.8 Å². The number of hydrogen-bond donors (Lipinski definition) is 3. The lowest BCUT2D eigenvalue weighted by atomic mass is 10.0. The van der Waals surface area contributed by atoms with Crippen LogP contribution in [-0.2, 0) is 14.3 Å². The van der Waals surface area contributed by atoms with Gasteiger partial charge in [0.1, 0.15) is 11.9 Å². The maximum absolute atomic E-state index is 11.4. The molecule has 1 aliphatic rings. The molecule has 8 nitrogen and oxygen atoms in total. The van der Waals surface area contributed by atoms with E-state index in [9.17, 15) is 14.7 Å². The Morgan fingerprint density at radius 2 is 2.33 bits per heavy atom. The Hall–Kier alpha value is -1.93. The summed E-state index contributed by atoms with van der Waals surface area (Å²) in [5.41, 5.74) is -1.09. The highest BCUT2D eigenvalue weighted by Crippen LogP contribution is 2.16.